The summed E-state index contributed by atoms with van der Waals surface area (Å²) in [7, 11) is 1.90. The van der Waals surface area contributed by atoms with Gasteiger partial charge in [0.1, 0.15) is 17.8 Å². The number of likely N-dealkylation sites (tertiary alicyclic amines) is 1. The topological polar surface area (TPSA) is 84.7 Å². The van der Waals surface area contributed by atoms with E-state index >= 15 is 0 Å². The number of carboxylic acids is 1. The van der Waals surface area contributed by atoms with Gasteiger partial charge in [-0.1, -0.05) is 18.2 Å². The van der Waals surface area contributed by atoms with E-state index in [0.717, 1.165) is 28.3 Å². The number of amides is 1. The highest BCUT2D eigenvalue weighted by molar-refractivity contribution is 5.83. The molecule has 1 N–H and O–H groups in total. The first-order chi connectivity index (χ1) is 13.3. The minimum Gasteiger partial charge on any atom is -0.492 e. The van der Waals surface area contributed by atoms with Crippen LogP contribution in [0.3, 0.4) is 0 Å². The second-order valence-electron chi connectivity index (χ2n) is 7.89. The lowest BCUT2D eigenvalue weighted by atomic mass is 9.73. The van der Waals surface area contributed by atoms with E-state index in [4.69, 9.17) is 4.74 Å². The Kier molecular flexibility index (Phi) is 4.40. The number of aromatic nitrogens is 2. The fourth-order valence-corrected chi connectivity index (χ4v) is 4.60. The van der Waals surface area contributed by atoms with Crippen LogP contribution in [0.15, 0.2) is 24.3 Å². The van der Waals surface area contributed by atoms with E-state index < -0.39 is 11.4 Å². The molecule has 28 heavy (non-hydrogen) atoms. The Labute approximate surface area is 163 Å². The second-order valence-corrected chi connectivity index (χ2v) is 7.89. The first kappa shape index (κ1) is 18.5. The molecule has 0 aliphatic carbocycles. The molecule has 1 aromatic heterocycles. The van der Waals surface area contributed by atoms with Crippen LogP contribution in [-0.4, -0.2) is 51.4 Å². The summed E-state index contributed by atoms with van der Waals surface area (Å²) in [5.41, 5.74) is 2.89. The Hall–Kier alpha value is -2.83. The van der Waals surface area contributed by atoms with Crippen molar-refractivity contribution < 1.29 is 19.4 Å². The molecule has 7 nitrogen and oxygen atoms in total. The van der Waals surface area contributed by atoms with Gasteiger partial charge < -0.3 is 14.7 Å². The van der Waals surface area contributed by atoms with Crippen molar-refractivity contribution >= 4 is 11.9 Å². The molecule has 4 rings (SSSR count). The van der Waals surface area contributed by atoms with Crippen LogP contribution in [0.5, 0.6) is 5.75 Å². The van der Waals surface area contributed by atoms with Crippen LogP contribution in [0.4, 0.5) is 0 Å². The Morgan fingerprint density at radius 1 is 1.32 bits per heavy atom. The third-order valence-corrected chi connectivity index (χ3v) is 6.35. The molecule has 7 heteroatoms. The fraction of sp³-hybridized carbons (Fsp3) is 0.476. The van der Waals surface area contributed by atoms with Gasteiger partial charge in [-0.05, 0) is 31.9 Å². The van der Waals surface area contributed by atoms with E-state index in [1.165, 1.54) is 0 Å². The third-order valence-electron chi connectivity index (χ3n) is 6.35. The largest absolute Gasteiger partial charge is 0.492 e. The highest BCUT2D eigenvalue weighted by atomic mass is 16.5. The predicted molar refractivity (Wildman–Crippen MR) is 102 cm³/mol. The van der Waals surface area contributed by atoms with E-state index in [9.17, 15) is 14.7 Å². The zero-order chi connectivity index (χ0) is 20.1. The molecule has 0 radical (unpaired) electrons. The van der Waals surface area contributed by atoms with Gasteiger partial charge in [-0.2, -0.15) is 5.10 Å². The molecule has 1 aromatic carbocycles. The van der Waals surface area contributed by atoms with Crippen LogP contribution in [0, 0.1) is 19.3 Å². The highest BCUT2D eigenvalue weighted by Gasteiger charge is 2.57. The molecule has 0 bridgehead atoms. The predicted octanol–water partition coefficient (Wildman–Crippen LogP) is 2.06. The normalized spacial score (nSPS) is 23.1. The summed E-state index contributed by atoms with van der Waals surface area (Å²) in [6.07, 6.45) is 0.955. The number of nitrogens with zero attached hydrogens (tertiary/aromatic N) is 3. The molecule has 148 valence electrons. The van der Waals surface area contributed by atoms with Crippen molar-refractivity contribution in [1.29, 1.82) is 0 Å². The lowest BCUT2D eigenvalue weighted by Crippen LogP contribution is -2.46. The van der Waals surface area contributed by atoms with Crippen molar-refractivity contribution in [2.75, 3.05) is 19.7 Å². The summed E-state index contributed by atoms with van der Waals surface area (Å²) >= 11 is 0. The van der Waals surface area contributed by atoms with E-state index in [0.29, 0.717) is 19.4 Å². The molecular weight excluding hydrogens is 358 g/mol. The number of ether oxygens (including phenoxy) is 1. The number of aliphatic carboxylic acids is 1. The number of benzene rings is 1. The van der Waals surface area contributed by atoms with Crippen LogP contribution in [0.2, 0.25) is 0 Å². The van der Waals surface area contributed by atoms with Crippen LogP contribution >= 0.6 is 0 Å². The molecule has 0 unspecified atom stereocenters. The molecule has 2 aromatic rings. The molecule has 2 aliphatic rings. The van der Waals surface area contributed by atoms with Gasteiger partial charge in [-0.15, -0.1) is 0 Å². The summed E-state index contributed by atoms with van der Waals surface area (Å²) in [6.45, 7) is 4.64. The third kappa shape index (κ3) is 2.77. The van der Waals surface area contributed by atoms with Crippen molar-refractivity contribution in [2.45, 2.75) is 32.6 Å². The maximum absolute atomic E-state index is 12.9. The summed E-state index contributed by atoms with van der Waals surface area (Å²) in [5, 5.41) is 14.4. The summed E-state index contributed by atoms with van der Waals surface area (Å²) < 4.78 is 7.59. The fourth-order valence-electron chi connectivity index (χ4n) is 4.60. The monoisotopic (exact) mass is 383 g/mol. The van der Waals surface area contributed by atoms with Gasteiger partial charge >= 0.3 is 5.97 Å². The molecule has 1 saturated heterocycles. The zero-order valence-corrected chi connectivity index (χ0v) is 16.4. The van der Waals surface area contributed by atoms with E-state index in [1.807, 2.05) is 49.8 Å². The molecule has 0 saturated carbocycles. The molecule has 1 amide bonds. The molecule has 2 aliphatic heterocycles. The van der Waals surface area contributed by atoms with Crippen LogP contribution in [-0.2, 0) is 23.1 Å². The van der Waals surface area contributed by atoms with Gasteiger partial charge in [0.15, 0.2) is 0 Å². The lowest BCUT2D eigenvalue weighted by molar-refractivity contribution is -0.152. The van der Waals surface area contributed by atoms with E-state index in [1.54, 1.807) is 4.90 Å². The minimum atomic E-state index is -1.08. The van der Waals surface area contributed by atoms with E-state index in [2.05, 4.69) is 5.10 Å². The number of carbonyl (C=O) groups excluding carboxylic acids is 1. The summed E-state index contributed by atoms with van der Waals surface area (Å²) in [5.74, 6) is -0.447. The van der Waals surface area contributed by atoms with Gasteiger partial charge in [-0.25, -0.2) is 0 Å². The van der Waals surface area contributed by atoms with Gasteiger partial charge in [0, 0.05) is 43.7 Å². The molecule has 1 fully saturated rings. The zero-order valence-electron chi connectivity index (χ0n) is 16.4. The van der Waals surface area contributed by atoms with Crippen LogP contribution in [0.25, 0.3) is 0 Å². The smallest absolute Gasteiger partial charge is 0.315 e. The van der Waals surface area contributed by atoms with Crippen molar-refractivity contribution in [3.8, 4) is 5.75 Å². The van der Waals surface area contributed by atoms with Crippen molar-refractivity contribution in [3.63, 3.8) is 0 Å². The number of hydrogen-bond acceptors (Lipinski definition) is 4. The van der Waals surface area contributed by atoms with Gasteiger partial charge in [0.2, 0.25) is 5.91 Å². The maximum atomic E-state index is 12.9. The lowest BCUT2D eigenvalue weighted by Gasteiger charge is -2.35. The number of carboxylic acid groups (broad SMARTS) is 1. The molecule has 2 atom stereocenters. The van der Waals surface area contributed by atoms with Gasteiger partial charge in [0.05, 0.1) is 5.69 Å². The average Bonchev–Trinajstić information content (AvgIpc) is 3.19. The number of hydrogen-bond donors (Lipinski definition) is 1. The number of rotatable bonds is 4. The SMILES string of the molecule is Cc1nn(C)c(C)c1CCC(=O)N1C[C@@H]2c3ccccc3OC[C@]2(C(=O)O)C1. The van der Waals surface area contributed by atoms with Crippen LogP contribution < -0.4 is 4.74 Å². The standard InChI is InChI=1S/C21H25N3O4/c1-13-15(14(2)23(3)22-13)8-9-19(25)24-10-17-16-6-4-5-7-18(16)28-12-21(17,11-24)20(26)27/h4-7,17H,8-12H2,1-3H3,(H,26,27)/t17-,21-/m1/s1. The summed E-state index contributed by atoms with van der Waals surface area (Å²) in [6, 6.07) is 7.54. The number of fused-ring (bicyclic) bond motifs is 3. The Morgan fingerprint density at radius 2 is 2.07 bits per heavy atom. The molecule has 3 heterocycles. The number of aryl methyl sites for hydroxylation is 2. The molecular formula is C21H25N3O4. The minimum absolute atomic E-state index is 0.0184. The maximum Gasteiger partial charge on any atom is 0.315 e. The number of carbonyl (C=O) groups is 2. The Bertz CT molecular complexity index is 951. The Morgan fingerprint density at radius 3 is 2.75 bits per heavy atom. The Balaban J connectivity index is 1.54. The van der Waals surface area contributed by atoms with Crippen molar-refractivity contribution in [2.24, 2.45) is 12.5 Å². The number of para-hydroxylation sites is 1. The summed E-state index contributed by atoms with van der Waals surface area (Å²) in [4.78, 5) is 26.8. The van der Waals surface area contributed by atoms with Crippen molar-refractivity contribution in [1.82, 2.24) is 14.7 Å². The quantitative estimate of drug-likeness (QED) is 0.874. The first-order valence-corrected chi connectivity index (χ1v) is 9.55. The second kappa shape index (κ2) is 6.65. The highest BCUT2D eigenvalue weighted by Crippen LogP contribution is 2.49. The average molecular weight is 383 g/mol. The van der Waals surface area contributed by atoms with E-state index in [-0.39, 0.29) is 25.0 Å². The van der Waals surface area contributed by atoms with Crippen LogP contribution in [0.1, 0.15) is 34.9 Å². The first-order valence-electron chi connectivity index (χ1n) is 9.55. The van der Waals surface area contributed by atoms with Gasteiger partial charge in [0.25, 0.3) is 0 Å². The van der Waals surface area contributed by atoms with Crippen molar-refractivity contribution in [3.05, 3.63) is 46.8 Å². The van der Waals surface area contributed by atoms with Gasteiger partial charge in [-0.3, -0.25) is 14.3 Å². The molecule has 0 spiro atoms.